The van der Waals surface area contributed by atoms with Gasteiger partial charge in [0.05, 0.1) is 40.4 Å². The van der Waals surface area contributed by atoms with Crippen LogP contribution >= 0.6 is 0 Å². The molecule has 0 spiro atoms. The first-order chi connectivity index (χ1) is 21.5. The van der Waals surface area contributed by atoms with Gasteiger partial charge in [0.1, 0.15) is 21.5 Å². The number of carbonyl (C=O) groups excluding carboxylic acids is 1. The molecular formula is C33H48F2N6O3S. The van der Waals surface area contributed by atoms with Gasteiger partial charge >= 0.3 is 0 Å². The number of sulfone groups is 1. The van der Waals surface area contributed by atoms with Crippen molar-refractivity contribution in [3.8, 4) is 11.3 Å². The highest BCUT2D eigenvalue weighted by molar-refractivity contribution is 7.90. The van der Waals surface area contributed by atoms with E-state index in [0.29, 0.717) is 30.4 Å². The van der Waals surface area contributed by atoms with Crippen molar-refractivity contribution >= 4 is 21.7 Å². The number of rotatable bonds is 6. The van der Waals surface area contributed by atoms with Crippen molar-refractivity contribution < 1.29 is 22.0 Å². The number of nitrogens with zero attached hydrogens (tertiary/aromatic N) is 6. The Bertz CT molecular complexity index is 1520. The summed E-state index contributed by atoms with van der Waals surface area (Å²) >= 11 is 0. The van der Waals surface area contributed by atoms with Crippen molar-refractivity contribution in [2.24, 2.45) is 0 Å². The molecule has 2 aliphatic rings. The minimum absolute atomic E-state index is 0.0505. The predicted molar refractivity (Wildman–Crippen MR) is 176 cm³/mol. The van der Waals surface area contributed by atoms with Gasteiger partial charge in [0.25, 0.3) is 0 Å². The van der Waals surface area contributed by atoms with Gasteiger partial charge in [0, 0.05) is 32.1 Å². The van der Waals surface area contributed by atoms with E-state index in [1.54, 1.807) is 22.1 Å². The molecule has 0 bridgehead atoms. The van der Waals surface area contributed by atoms with E-state index in [9.17, 15) is 22.0 Å². The second-order valence-electron chi connectivity index (χ2n) is 10.6. The minimum atomic E-state index is -3.17. The first-order valence-electron chi connectivity index (χ1n) is 15.8. The molecule has 12 heteroatoms. The maximum atomic E-state index is 14.5. The quantitative estimate of drug-likeness (QED) is 0.312. The van der Waals surface area contributed by atoms with E-state index in [2.05, 4.69) is 22.1 Å². The van der Waals surface area contributed by atoms with E-state index >= 15 is 0 Å². The Balaban J connectivity index is 0.00000111. The van der Waals surface area contributed by atoms with E-state index in [0.717, 1.165) is 24.7 Å². The number of halogens is 2. The second kappa shape index (κ2) is 16.7. The highest BCUT2D eigenvalue weighted by Crippen LogP contribution is 2.45. The minimum Gasteiger partial charge on any atom is -0.338 e. The lowest BCUT2D eigenvalue weighted by Gasteiger charge is -2.38. The molecule has 3 aromatic rings. The van der Waals surface area contributed by atoms with Gasteiger partial charge in [-0.2, -0.15) is 5.10 Å². The van der Waals surface area contributed by atoms with Crippen molar-refractivity contribution in [3.63, 3.8) is 0 Å². The van der Waals surface area contributed by atoms with Crippen LogP contribution in [0.1, 0.15) is 91.1 Å². The van der Waals surface area contributed by atoms with Crippen LogP contribution in [-0.2, 0) is 20.0 Å². The van der Waals surface area contributed by atoms with Crippen LogP contribution in [0.25, 0.3) is 11.3 Å². The number of benzene rings is 1. The van der Waals surface area contributed by atoms with Crippen LogP contribution < -0.4 is 4.90 Å². The Labute approximate surface area is 267 Å². The molecule has 0 N–H and O–H groups in total. The Morgan fingerprint density at radius 1 is 1.00 bits per heavy atom. The molecule has 1 aliphatic heterocycles. The molecule has 0 unspecified atom stereocenters. The van der Waals surface area contributed by atoms with Crippen LogP contribution in [0.4, 0.5) is 14.7 Å². The molecule has 1 amide bonds. The number of hydrogen-bond donors (Lipinski definition) is 0. The number of carbonyl (C=O) groups is 1. The van der Waals surface area contributed by atoms with Crippen LogP contribution in [0.3, 0.4) is 0 Å². The number of amides is 1. The molecule has 248 valence electrons. The fourth-order valence-corrected chi connectivity index (χ4v) is 5.86. The lowest BCUT2D eigenvalue weighted by molar-refractivity contribution is -0.130. The molecule has 0 radical (unpaired) electrons. The van der Waals surface area contributed by atoms with E-state index in [4.69, 9.17) is 4.98 Å². The monoisotopic (exact) mass is 646 g/mol. The maximum Gasteiger partial charge on any atom is 0.242 e. The molecule has 1 fully saturated rings. The fourth-order valence-electron chi connectivity index (χ4n) is 5.30. The Morgan fingerprint density at radius 3 is 2.24 bits per heavy atom. The Morgan fingerprint density at radius 2 is 1.64 bits per heavy atom. The lowest BCUT2D eigenvalue weighted by Crippen LogP contribution is -2.52. The fraction of sp³-hybridized carbons (Fsp3) is 0.545. The molecule has 45 heavy (non-hydrogen) atoms. The van der Waals surface area contributed by atoms with Gasteiger partial charge in [-0.25, -0.2) is 27.2 Å². The highest BCUT2D eigenvalue weighted by Gasteiger charge is 2.40. The van der Waals surface area contributed by atoms with E-state index in [-0.39, 0.29) is 41.9 Å². The number of hydrogen-bond acceptors (Lipinski definition) is 8. The SMILES string of the molecule is CC.CC.CC.C[C@H]1CC[C@](C)(c2ccnc(N3CCN(CCS(C)(=O)=O)C(=O)C3)n2)c2nnc(-c3c(F)cccc3F)cc21. The number of anilines is 1. The average molecular weight is 647 g/mol. The van der Waals surface area contributed by atoms with Crippen molar-refractivity contribution in [3.05, 3.63) is 65.1 Å². The molecule has 1 aromatic carbocycles. The Hall–Kier alpha value is -3.54. The van der Waals surface area contributed by atoms with Crippen LogP contribution in [0.2, 0.25) is 0 Å². The normalized spacial score (nSPS) is 19.2. The summed E-state index contributed by atoms with van der Waals surface area (Å²) in [5.41, 5.74) is 1.61. The summed E-state index contributed by atoms with van der Waals surface area (Å²) in [6.07, 6.45) is 4.35. The first-order valence-corrected chi connectivity index (χ1v) is 17.9. The van der Waals surface area contributed by atoms with Crippen molar-refractivity contribution in [1.82, 2.24) is 25.1 Å². The highest BCUT2D eigenvalue weighted by atomic mass is 32.2. The van der Waals surface area contributed by atoms with Crippen LogP contribution in [0.15, 0.2) is 36.5 Å². The standard InChI is InChI=1S/C27H30F2N6O3S.3C2H6/c1-17-7-9-27(2,25-18(17)15-21(32-33-25)24-19(28)5-4-6-20(24)29)22-8-10-30-26(31-22)35-12-11-34(23(36)16-35)13-14-39(3,37)38;3*1-2/h4-6,8,10,15,17H,7,9,11-14,16H2,1-3H3;3*1-2H3/t17-,27+;;;/m0.../s1. The first kappa shape index (κ1) is 37.6. The van der Waals surface area contributed by atoms with Crippen molar-refractivity contribution in [2.45, 2.75) is 79.6 Å². The summed E-state index contributed by atoms with van der Waals surface area (Å²) in [6, 6.07) is 7.26. The molecule has 2 atom stereocenters. The number of piperazine rings is 1. The zero-order valence-electron chi connectivity index (χ0n) is 28.1. The van der Waals surface area contributed by atoms with Crippen LogP contribution in [0.5, 0.6) is 0 Å². The van der Waals surface area contributed by atoms with Gasteiger partial charge in [-0.1, -0.05) is 54.5 Å². The van der Waals surface area contributed by atoms with Gasteiger partial charge in [-0.3, -0.25) is 4.79 Å². The van der Waals surface area contributed by atoms with Crippen LogP contribution in [-0.4, -0.2) is 77.6 Å². The maximum absolute atomic E-state index is 14.5. The molecule has 1 aliphatic carbocycles. The third-order valence-corrected chi connectivity index (χ3v) is 8.64. The van der Waals surface area contributed by atoms with Gasteiger partial charge < -0.3 is 9.80 Å². The summed E-state index contributed by atoms with van der Waals surface area (Å²) in [5, 5.41) is 8.72. The van der Waals surface area contributed by atoms with E-state index in [1.807, 2.05) is 54.5 Å². The summed E-state index contributed by atoms with van der Waals surface area (Å²) in [6.45, 7) is 17.1. The molecule has 9 nitrogen and oxygen atoms in total. The predicted octanol–water partition coefficient (Wildman–Crippen LogP) is 6.19. The van der Waals surface area contributed by atoms with Gasteiger partial charge in [-0.15, -0.1) is 5.10 Å². The zero-order chi connectivity index (χ0) is 33.9. The summed E-state index contributed by atoms with van der Waals surface area (Å²) in [7, 11) is -3.17. The molecule has 2 aromatic heterocycles. The van der Waals surface area contributed by atoms with Crippen molar-refractivity contribution in [1.29, 1.82) is 0 Å². The van der Waals surface area contributed by atoms with Crippen LogP contribution in [0, 0.1) is 11.6 Å². The molecule has 5 rings (SSSR count). The molecule has 0 saturated carbocycles. The smallest absolute Gasteiger partial charge is 0.242 e. The lowest BCUT2D eigenvalue weighted by atomic mass is 9.69. The zero-order valence-corrected chi connectivity index (χ0v) is 28.9. The van der Waals surface area contributed by atoms with Gasteiger partial charge in [0.2, 0.25) is 11.9 Å². The Kier molecular flexibility index (Phi) is 14.0. The molecule has 1 saturated heterocycles. The molecular weight excluding hydrogens is 598 g/mol. The third kappa shape index (κ3) is 8.80. The van der Waals surface area contributed by atoms with Crippen molar-refractivity contribution in [2.75, 3.05) is 43.1 Å². The average Bonchev–Trinajstić information content (AvgIpc) is 3.05. The van der Waals surface area contributed by atoms with Gasteiger partial charge in [0.15, 0.2) is 0 Å². The topological polar surface area (TPSA) is 109 Å². The van der Waals surface area contributed by atoms with E-state index in [1.165, 1.54) is 18.2 Å². The summed E-state index contributed by atoms with van der Waals surface area (Å²) in [5.74, 6) is -1.13. The van der Waals surface area contributed by atoms with Gasteiger partial charge in [-0.05, 0) is 55.5 Å². The third-order valence-electron chi connectivity index (χ3n) is 7.71. The van der Waals surface area contributed by atoms with E-state index < -0.39 is 26.9 Å². The summed E-state index contributed by atoms with van der Waals surface area (Å²) in [4.78, 5) is 25.3. The second-order valence-corrected chi connectivity index (χ2v) is 12.8. The number of fused-ring (bicyclic) bond motifs is 1. The number of aromatic nitrogens is 4. The summed E-state index contributed by atoms with van der Waals surface area (Å²) < 4.78 is 51.9. The largest absolute Gasteiger partial charge is 0.338 e. The molecule has 3 heterocycles.